The number of anilines is 4. The summed E-state index contributed by atoms with van der Waals surface area (Å²) in [5, 5.41) is 16.1. The standard InChI is InChI=1S/C25H25FN6O3/c1-14-21-22(32-13-19(33)11-20(32)24(35)31(21)2)30-25(28-14)27-12-15-3-9-18(10-4-15)29-23(34)16-5-7-17(26)8-6-16/h3-10,19-20,33H,11-13H2,1-2H3,(H,29,34)(H,27,28,30)/t19-,20+/m1/s1. The Hall–Kier alpha value is -4.05. The molecule has 0 radical (unpaired) electrons. The summed E-state index contributed by atoms with van der Waals surface area (Å²) in [5.74, 6) is 0.297. The molecule has 2 aromatic carbocycles. The number of aryl methyl sites for hydroxylation is 1. The second-order valence-electron chi connectivity index (χ2n) is 8.77. The average molecular weight is 477 g/mol. The molecule has 1 fully saturated rings. The molecule has 0 unspecified atom stereocenters. The number of aliphatic hydroxyl groups excluding tert-OH is 1. The van der Waals surface area contributed by atoms with E-state index in [9.17, 15) is 19.1 Å². The molecule has 10 heteroatoms. The summed E-state index contributed by atoms with van der Waals surface area (Å²) in [7, 11) is 1.71. The fraction of sp³-hybridized carbons (Fsp3) is 0.280. The topological polar surface area (TPSA) is 111 Å². The number of nitrogens with one attached hydrogen (secondary N) is 2. The SMILES string of the molecule is Cc1nc(NCc2ccc(NC(=O)c3ccc(F)cc3)cc2)nc2c1N(C)C(=O)[C@@H]1C[C@@H](O)CN21. The lowest BCUT2D eigenvalue weighted by Crippen LogP contribution is -2.49. The van der Waals surface area contributed by atoms with Gasteiger partial charge in [-0.05, 0) is 48.9 Å². The molecular formula is C25H25FN6O3. The van der Waals surface area contributed by atoms with Crippen LogP contribution in [-0.4, -0.2) is 52.6 Å². The number of halogens is 1. The van der Waals surface area contributed by atoms with Gasteiger partial charge in [-0.2, -0.15) is 4.98 Å². The Morgan fingerprint density at radius 3 is 2.57 bits per heavy atom. The van der Waals surface area contributed by atoms with E-state index in [1.54, 1.807) is 24.1 Å². The number of likely N-dealkylation sites (N-methyl/N-ethyl adjacent to an activating group) is 1. The van der Waals surface area contributed by atoms with Crippen molar-refractivity contribution in [2.24, 2.45) is 0 Å². The summed E-state index contributed by atoms with van der Waals surface area (Å²) in [4.78, 5) is 37.6. The number of carbonyl (C=O) groups excluding carboxylic acids is 2. The monoisotopic (exact) mass is 476 g/mol. The van der Waals surface area contributed by atoms with Crippen molar-refractivity contribution in [1.82, 2.24) is 9.97 Å². The molecule has 0 aliphatic carbocycles. The van der Waals surface area contributed by atoms with Crippen LogP contribution in [0.2, 0.25) is 0 Å². The zero-order valence-electron chi connectivity index (χ0n) is 19.3. The molecule has 180 valence electrons. The smallest absolute Gasteiger partial charge is 0.255 e. The Morgan fingerprint density at radius 1 is 1.14 bits per heavy atom. The van der Waals surface area contributed by atoms with E-state index in [-0.39, 0.29) is 11.8 Å². The number of aromatic nitrogens is 2. The van der Waals surface area contributed by atoms with Crippen molar-refractivity contribution in [3.8, 4) is 0 Å². The molecule has 2 aliphatic rings. The molecule has 9 nitrogen and oxygen atoms in total. The third-order valence-corrected chi connectivity index (χ3v) is 6.31. The fourth-order valence-corrected chi connectivity index (χ4v) is 4.53. The van der Waals surface area contributed by atoms with Crippen LogP contribution >= 0.6 is 0 Å². The van der Waals surface area contributed by atoms with Gasteiger partial charge in [-0.25, -0.2) is 9.37 Å². The number of benzene rings is 2. The van der Waals surface area contributed by atoms with E-state index in [0.29, 0.717) is 53.9 Å². The summed E-state index contributed by atoms with van der Waals surface area (Å²) in [6.45, 7) is 2.64. The molecule has 3 aromatic rings. The molecule has 0 bridgehead atoms. The molecule has 0 saturated carbocycles. The quantitative estimate of drug-likeness (QED) is 0.519. The van der Waals surface area contributed by atoms with Gasteiger partial charge < -0.3 is 25.5 Å². The molecule has 2 amide bonds. The molecule has 1 saturated heterocycles. The largest absolute Gasteiger partial charge is 0.391 e. The van der Waals surface area contributed by atoms with Crippen LogP contribution in [-0.2, 0) is 11.3 Å². The van der Waals surface area contributed by atoms with Crippen molar-refractivity contribution >= 4 is 35.0 Å². The van der Waals surface area contributed by atoms with Crippen LogP contribution in [0.25, 0.3) is 0 Å². The number of amides is 2. The Kier molecular flexibility index (Phi) is 5.81. The normalized spacial score (nSPS) is 18.8. The lowest BCUT2D eigenvalue weighted by molar-refractivity contribution is -0.119. The number of hydrogen-bond acceptors (Lipinski definition) is 7. The Balaban J connectivity index is 1.27. The van der Waals surface area contributed by atoms with Crippen LogP contribution < -0.4 is 20.4 Å². The third-order valence-electron chi connectivity index (χ3n) is 6.31. The van der Waals surface area contributed by atoms with Gasteiger partial charge in [0.25, 0.3) is 5.91 Å². The van der Waals surface area contributed by atoms with Gasteiger partial charge in [0.15, 0.2) is 5.82 Å². The lowest BCUT2D eigenvalue weighted by Gasteiger charge is -2.37. The molecule has 2 aliphatic heterocycles. The molecule has 2 atom stereocenters. The van der Waals surface area contributed by atoms with E-state index in [2.05, 4.69) is 20.6 Å². The second-order valence-corrected chi connectivity index (χ2v) is 8.77. The summed E-state index contributed by atoms with van der Waals surface area (Å²) in [6, 6.07) is 12.3. The minimum Gasteiger partial charge on any atom is -0.391 e. The lowest BCUT2D eigenvalue weighted by atomic mass is 10.1. The van der Waals surface area contributed by atoms with E-state index in [4.69, 9.17) is 0 Å². The first-order valence-corrected chi connectivity index (χ1v) is 11.3. The molecule has 1 aromatic heterocycles. The van der Waals surface area contributed by atoms with Crippen molar-refractivity contribution in [3.05, 3.63) is 71.2 Å². The maximum atomic E-state index is 13.1. The second kappa shape index (κ2) is 8.95. The van der Waals surface area contributed by atoms with Gasteiger partial charge >= 0.3 is 0 Å². The summed E-state index contributed by atoms with van der Waals surface area (Å²) >= 11 is 0. The van der Waals surface area contributed by atoms with E-state index in [1.165, 1.54) is 24.3 Å². The van der Waals surface area contributed by atoms with Crippen LogP contribution in [0, 0.1) is 12.7 Å². The highest BCUT2D eigenvalue weighted by molar-refractivity contribution is 6.05. The Labute approximate surface area is 201 Å². The van der Waals surface area contributed by atoms with Gasteiger partial charge in [0.05, 0.1) is 11.8 Å². The third kappa shape index (κ3) is 4.40. The van der Waals surface area contributed by atoms with Crippen LogP contribution in [0.3, 0.4) is 0 Å². The Morgan fingerprint density at radius 2 is 1.86 bits per heavy atom. The highest BCUT2D eigenvalue weighted by atomic mass is 19.1. The molecule has 0 spiro atoms. The zero-order valence-corrected chi connectivity index (χ0v) is 19.3. The average Bonchev–Trinajstić information content (AvgIpc) is 3.24. The summed E-state index contributed by atoms with van der Waals surface area (Å²) < 4.78 is 13.1. The first-order valence-electron chi connectivity index (χ1n) is 11.3. The van der Waals surface area contributed by atoms with Crippen LogP contribution in [0.5, 0.6) is 0 Å². The fourth-order valence-electron chi connectivity index (χ4n) is 4.53. The van der Waals surface area contributed by atoms with E-state index in [0.717, 1.165) is 5.56 Å². The minimum atomic E-state index is -0.572. The van der Waals surface area contributed by atoms with E-state index >= 15 is 0 Å². The predicted molar refractivity (Wildman–Crippen MR) is 130 cm³/mol. The van der Waals surface area contributed by atoms with Crippen molar-refractivity contribution in [2.75, 3.05) is 34.0 Å². The van der Waals surface area contributed by atoms with Crippen LogP contribution in [0.15, 0.2) is 48.5 Å². The van der Waals surface area contributed by atoms with Crippen molar-refractivity contribution in [2.45, 2.75) is 32.0 Å². The van der Waals surface area contributed by atoms with Gasteiger partial charge in [-0.1, -0.05) is 12.1 Å². The highest BCUT2D eigenvalue weighted by Crippen LogP contribution is 2.40. The number of hydrogen-bond donors (Lipinski definition) is 3. The first kappa shape index (κ1) is 22.7. The van der Waals surface area contributed by atoms with Gasteiger partial charge in [0.1, 0.15) is 17.5 Å². The number of carbonyl (C=O) groups is 2. The highest BCUT2D eigenvalue weighted by Gasteiger charge is 2.44. The predicted octanol–water partition coefficient (Wildman–Crippen LogP) is 2.70. The van der Waals surface area contributed by atoms with Crippen molar-refractivity contribution < 1.29 is 19.1 Å². The maximum absolute atomic E-state index is 13.1. The first-order chi connectivity index (χ1) is 16.8. The molecule has 35 heavy (non-hydrogen) atoms. The van der Waals surface area contributed by atoms with Gasteiger partial charge in [0, 0.05) is 37.8 Å². The summed E-state index contributed by atoms with van der Waals surface area (Å²) in [5.41, 5.74) is 3.28. The Bertz CT molecular complexity index is 1280. The molecule has 3 N–H and O–H groups in total. The van der Waals surface area contributed by atoms with Gasteiger partial charge in [-0.3, -0.25) is 9.59 Å². The number of aliphatic hydroxyl groups is 1. The molecule has 5 rings (SSSR count). The molecule has 3 heterocycles. The van der Waals surface area contributed by atoms with Crippen LogP contribution in [0.4, 0.5) is 27.5 Å². The number of rotatable bonds is 5. The van der Waals surface area contributed by atoms with Crippen molar-refractivity contribution in [1.29, 1.82) is 0 Å². The summed E-state index contributed by atoms with van der Waals surface area (Å²) in [6.07, 6.45) is -0.185. The van der Waals surface area contributed by atoms with Gasteiger partial charge in [0.2, 0.25) is 11.9 Å². The zero-order chi connectivity index (χ0) is 24.7. The number of fused-ring (bicyclic) bond motifs is 3. The minimum absolute atomic E-state index is 0.0620. The van der Waals surface area contributed by atoms with E-state index < -0.39 is 18.0 Å². The van der Waals surface area contributed by atoms with Gasteiger partial charge in [-0.15, -0.1) is 0 Å². The number of nitrogens with zero attached hydrogens (tertiary/aromatic N) is 4. The van der Waals surface area contributed by atoms with E-state index in [1.807, 2.05) is 24.0 Å². The van der Waals surface area contributed by atoms with Crippen LogP contribution in [0.1, 0.15) is 28.0 Å². The maximum Gasteiger partial charge on any atom is 0.255 e. The molecular weight excluding hydrogens is 451 g/mol. The van der Waals surface area contributed by atoms with Crippen molar-refractivity contribution in [3.63, 3.8) is 0 Å².